The Morgan fingerprint density at radius 1 is 1.26 bits per heavy atom. The number of benzene rings is 1. The number of rotatable bonds is 2. The van der Waals surface area contributed by atoms with E-state index >= 15 is 0 Å². The van der Waals surface area contributed by atoms with Crippen molar-refractivity contribution in [3.63, 3.8) is 0 Å². The van der Waals surface area contributed by atoms with E-state index in [9.17, 15) is 9.18 Å². The fourth-order valence-electron chi connectivity index (χ4n) is 3.73. The summed E-state index contributed by atoms with van der Waals surface area (Å²) in [6, 6.07) is 5.00. The van der Waals surface area contributed by atoms with Crippen LogP contribution in [0, 0.1) is 17.7 Å². The summed E-state index contributed by atoms with van der Waals surface area (Å²) in [5.74, 6) is 0.373. The summed E-state index contributed by atoms with van der Waals surface area (Å²) in [5.41, 5.74) is 1.25. The zero-order valence-electron chi connectivity index (χ0n) is 11.3. The van der Waals surface area contributed by atoms with E-state index in [0.717, 1.165) is 5.56 Å². The number of carbonyl (C=O) groups is 1. The summed E-state index contributed by atoms with van der Waals surface area (Å²) in [6.07, 6.45) is 6.25. The summed E-state index contributed by atoms with van der Waals surface area (Å²) in [7, 11) is 0. The van der Waals surface area contributed by atoms with Crippen LogP contribution in [-0.2, 0) is 4.79 Å². The number of anilines is 1. The first-order valence-electron chi connectivity index (χ1n) is 7.27. The molecule has 0 bridgehead atoms. The molecule has 2 nitrogen and oxygen atoms in total. The lowest BCUT2D eigenvalue weighted by molar-refractivity contribution is -0.118. The molecule has 102 valence electrons. The Bertz CT molecular complexity index is 494. The Balaban J connectivity index is 1.89. The summed E-state index contributed by atoms with van der Waals surface area (Å²) < 4.78 is 13.7. The number of nitrogens with one attached hydrogen (secondary N) is 1. The van der Waals surface area contributed by atoms with Crippen molar-refractivity contribution < 1.29 is 9.18 Å². The Morgan fingerprint density at radius 2 is 2.00 bits per heavy atom. The number of fused-ring (bicyclic) bond motifs is 1. The van der Waals surface area contributed by atoms with Gasteiger partial charge in [0.2, 0.25) is 5.91 Å². The zero-order valence-corrected chi connectivity index (χ0v) is 11.3. The second-order valence-corrected chi connectivity index (χ2v) is 5.93. The molecule has 1 saturated carbocycles. The SMILES string of the molecule is CC(C1CCCCC1)C1C(=O)Nc2c(F)cccc21. The van der Waals surface area contributed by atoms with E-state index in [1.165, 1.54) is 38.2 Å². The lowest BCUT2D eigenvalue weighted by Crippen LogP contribution is -2.26. The standard InChI is InChI=1S/C16H20FNO/c1-10(11-6-3-2-4-7-11)14-12-8-5-9-13(17)15(12)18-16(14)19/h5,8-11,14H,2-4,6-7H2,1H3,(H,18,19). The number of amides is 1. The van der Waals surface area contributed by atoms with E-state index in [4.69, 9.17) is 0 Å². The molecule has 0 aromatic heterocycles. The van der Waals surface area contributed by atoms with Gasteiger partial charge < -0.3 is 5.32 Å². The van der Waals surface area contributed by atoms with Gasteiger partial charge in [-0.05, 0) is 23.5 Å². The second-order valence-electron chi connectivity index (χ2n) is 5.93. The smallest absolute Gasteiger partial charge is 0.232 e. The summed E-state index contributed by atoms with van der Waals surface area (Å²) in [5, 5.41) is 2.72. The minimum absolute atomic E-state index is 0.0295. The van der Waals surface area contributed by atoms with Crippen LogP contribution in [0.2, 0.25) is 0 Å². The highest BCUT2D eigenvalue weighted by Crippen LogP contribution is 2.44. The van der Waals surface area contributed by atoms with Crippen LogP contribution in [0.5, 0.6) is 0 Å². The first-order valence-corrected chi connectivity index (χ1v) is 7.27. The number of halogens is 1. The Hall–Kier alpha value is -1.38. The van der Waals surface area contributed by atoms with Gasteiger partial charge in [0.05, 0.1) is 11.6 Å². The Labute approximate surface area is 113 Å². The average Bonchev–Trinajstić information content (AvgIpc) is 2.77. The van der Waals surface area contributed by atoms with E-state index < -0.39 is 0 Å². The predicted molar refractivity (Wildman–Crippen MR) is 73.5 cm³/mol. The number of hydrogen-bond donors (Lipinski definition) is 1. The summed E-state index contributed by atoms with van der Waals surface area (Å²) >= 11 is 0. The van der Waals surface area contributed by atoms with E-state index in [2.05, 4.69) is 12.2 Å². The molecule has 1 aromatic rings. The van der Waals surface area contributed by atoms with Crippen molar-refractivity contribution in [1.29, 1.82) is 0 Å². The van der Waals surface area contributed by atoms with Gasteiger partial charge in [-0.15, -0.1) is 0 Å². The van der Waals surface area contributed by atoms with Crippen LogP contribution >= 0.6 is 0 Å². The van der Waals surface area contributed by atoms with E-state index in [1.54, 1.807) is 6.07 Å². The molecule has 0 spiro atoms. The maximum Gasteiger partial charge on any atom is 0.232 e. The summed E-state index contributed by atoms with van der Waals surface area (Å²) in [6.45, 7) is 2.15. The third-order valence-electron chi connectivity index (χ3n) is 4.83. The topological polar surface area (TPSA) is 29.1 Å². The molecule has 1 heterocycles. The maximum atomic E-state index is 13.7. The largest absolute Gasteiger partial charge is 0.323 e. The van der Waals surface area contributed by atoms with Crippen LogP contribution in [0.3, 0.4) is 0 Å². The van der Waals surface area contributed by atoms with Crippen LogP contribution in [-0.4, -0.2) is 5.91 Å². The van der Waals surface area contributed by atoms with Crippen molar-refractivity contribution in [2.45, 2.75) is 44.9 Å². The molecule has 1 N–H and O–H groups in total. The molecule has 1 aromatic carbocycles. The van der Waals surface area contributed by atoms with Crippen LogP contribution < -0.4 is 5.32 Å². The van der Waals surface area contributed by atoms with Gasteiger partial charge >= 0.3 is 0 Å². The van der Waals surface area contributed by atoms with Gasteiger partial charge in [-0.1, -0.05) is 51.2 Å². The molecule has 2 unspecified atom stereocenters. The summed E-state index contributed by atoms with van der Waals surface area (Å²) in [4.78, 5) is 12.2. The molecule has 3 rings (SSSR count). The Morgan fingerprint density at radius 3 is 2.74 bits per heavy atom. The predicted octanol–water partition coefficient (Wildman–Crippen LogP) is 4.08. The molecule has 1 amide bonds. The normalized spacial score (nSPS) is 24.9. The molecule has 1 aliphatic heterocycles. The van der Waals surface area contributed by atoms with Crippen LogP contribution in [0.15, 0.2) is 18.2 Å². The van der Waals surface area contributed by atoms with Crippen molar-refractivity contribution in [3.8, 4) is 0 Å². The molecule has 19 heavy (non-hydrogen) atoms. The van der Waals surface area contributed by atoms with Gasteiger partial charge in [-0.25, -0.2) is 4.39 Å². The van der Waals surface area contributed by atoms with Crippen molar-refractivity contribution in [2.75, 3.05) is 5.32 Å². The third-order valence-corrected chi connectivity index (χ3v) is 4.83. The van der Waals surface area contributed by atoms with Crippen molar-refractivity contribution >= 4 is 11.6 Å². The fourth-order valence-corrected chi connectivity index (χ4v) is 3.73. The Kier molecular flexibility index (Phi) is 3.29. The molecule has 2 aliphatic rings. The molecule has 0 saturated heterocycles. The fraction of sp³-hybridized carbons (Fsp3) is 0.562. The lowest BCUT2D eigenvalue weighted by atomic mass is 9.73. The lowest BCUT2D eigenvalue weighted by Gasteiger charge is -2.30. The monoisotopic (exact) mass is 261 g/mol. The number of hydrogen-bond acceptors (Lipinski definition) is 1. The molecule has 0 radical (unpaired) electrons. The molecule has 1 fully saturated rings. The average molecular weight is 261 g/mol. The van der Waals surface area contributed by atoms with E-state index in [1.807, 2.05) is 6.07 Å². The quantitative estimate of drug-likeness (QED) is 0.854. The van der Waals surface area contributed by atoms with Crippen molar-refractivity contribution in [1.82, 2.24) is 0 Å². The molecular formula is C16H20FNO. The molecule has 3 heteroatoms. The van der Waals surface area contributed by atoms with Gasteiger partial charge in [-0.3, -0.25) is 4.79 Å². The van der Waals surface area contributed by atoms with Gasteiger partial charge in [0.25, 0.3) is 0 Å². The second kappa shape index (κ2) is 4.95. The van der Waals surface area contributed by atoms with Gasteiger partial charge in [0.1, 0.15) is 5.82 Å². The van der Waals surface area contributed by atoms with E-state index in [-0.39, 0.29) is 17.6 Å². The zero-order chi connectivity index (χ0) is 13.4. The first-order chi connectivity index (χ1) is 9.18. The highest BCUT2D eigenvalue weighted by molar-refractivity contribution is 6.03. The maximum absolute atomic E-state index is 13.7. The van der Waals surface area contributed by atoms with Crippen molar-refractivity contribution in [2.24, 2.45) is 11.8 Å². The van der Waals surface area contributed by atoms with E-state index in [0.29, 0.717) is 17.5 Å². The first kappa shape index (κ1) is 12.6. The van der Waals surface area contributed by atoms with Crippen LogP contribution in [0.25, 0.3) is 0 Å². The molecule has 2 atom stereocenters. The highest BCUT2D eigenvalue weighted by Gasteiger charge is 2.39. The minimum atomic E-state index is -0.316. The molecular weight excluding hydrogens is 241 g/mol. The van der Waals surface area contributed by atoms with Crippen LogP contribution in [0.4, 0.5) is 10.1 Å². The van der Waals surface area contributed by atoms with Gasteiger partial charge in [0, 0.05) is 0 Å². The van der Waals surface area contributed by atoms with Crippen LogP contribution in [0.1, 0.15) is 50.5 Å². The molecule has 1 aliphatic carbocycles. The van der Waals surface area contributed by atoms with Gasteiger partial charge in [0.15, 0.2) is 0 Å². The highest BCUT2D eigenvalue weighted by atomic mass is 19.1. The van der Waals surface area contributed by atoms with Gasteiger partial charge in [-0.2, -0.15) is 0 Å². The number of carbonyl (C=O) groups excluding carboxylic acids is 1. The minimum Gasteiger partial charge on any atom is -0.323 e. The third kappa shape index (κ3) is 2.15. The van der Waals surface area contributed by atoms with Crippen molar-refractivity contribution in [3.05, 3.63) is 29.6 Å². The number of para-hydroxylation sites is 1.